The molecule has 16 heavy (non-hydrogen) atoms. The average Bonchev–Trinajstić information content (AvgIpc) is 2.76. The third-order valence-corrected chi connectivity index (χ3v) is 3.78. The fourth-order valence-electron chi connectivity index (χ4n) is 2.92. The van der Waals surface area contributed by atoms with Crippen LogP contribution in [0.3, 0.4) is 0 Å². The summed E-state index contributed by atoms with van der Waals surface area (Å²) in [7, 11) is 0. The highest BCUT2D eigenvalue weighted by Gasteiger charge is 2.29. The smallest absolute Gasteiger partial charge is 0.158 e. The predicted octanol–water partition coefficient (Wildman–Crippen LogP) is 2.16. The van der Waals surface area contributed by atoms with E-state index in [1.807, 2.05) is 0 Å². The van der Waals surface area contributed by atoms with Crippen LogP contribution in [0, 0.1) is 11.8 Å². The standard InChI is InChI=1S/C12H21N3O/c1-9(2)10-5-3-4-6-11(10)15-8-13-14-12(15)7-16/h8-11,16H,3-7H2,1-2H3. The Kier molecular flexibility index (Phi) is 3.59. The van der Waals surface area contributed by atoms with E-state index in [-0.39, 0.29) is 6.61 Å². The monoisotopic (exact) mass is 223 g/mol. The Bertz CT molecular complexity index is 335. The SMILES string of the molecule is CC(C)C1CCCCC1n1cnnc1CO. The lowest BCUT2D eigenvalue weighted by molar-refractivity contribution is 0.171. The van der Waals surface area contributed by atoms with Gasteiger partial charge in [0.25, 0.3) is 0 Å². The van der Waals surface area contributed by atoms with Gasteiger partial charge in [0.1, 0.15) is 12.9 Å². The zero-order valence-electron chi connectivity index (χ0n) is 10.1. The summed E-state index contributed by atoms with van der Waals surface area (Å²) in [5.41, 5.74) is 0. The molecule has 1 aliphatic carbocycles. The number of nitrogens with zero attached hydrogens (tertiary/aromatic N) is 3. The van der Waals surface area contributed by atoms with E-state index in [1.165, 1.54) is 25.7 Å². The summed E-state index contributed by atoms with van der Waals surface area (Å²) >= 11 is 0. The molecule has 1 aliphatic rings. The van der Waals surface area contributed by atoms with E-state index in [0.717, 1.165) is 0 Å². The molecule has 90 valence electrons. The maximum absolute atomic E-state index is 9.24. The topological polar surface area (TPSA) is 50.9 Å². The van der Waals surface area contributed by atoms with E-state index in [0.29, 0.717) is 23.7 Å². The third-order valence-electron chi connectivity index (χ3n) is 3.78. The second-order valence-electron chi connectivity index (χ2n) is 5.07. The minimum atomic E-state index is -0.0126. The van der Waals surface area contributed by atoms with Gasteiger partial charge in [0.2, 0.25) is 0 Å². The molecule has 1 aromatic heterocycles. The third kappa shape index (κ3) is 2.12. The average molecular weight is 223 g/mol. The molecule has 2 atom stereocenters. The molecule has 1 fully saturated rings. The molecule has 0 radical (unpaired) electrons. The second kappa shape index (κ2) is 4.95. The lowest BCUT2D eigenvalue weighted by atomic mass is 9.77. The predicted molar refractivity (Wildman–Crippen MR) is 61.8 cm³/mol. The Morgan fingerprint density at radius 2 is 2.19 bits per heavy atom. The van der Waals surface area contributed by atoms with Crippen molar-refractivity contribution in [2.24, 2.45) is 11.8 Å². The maximum Gasteiger partial charge on any atom is 0.158 e. The lowest BCUT2D eigenvalue weighted by Gasteiger charge is -2.35. The van der Waals surface area contributed by atoms with Gasteiger partial charge in [-0.15, -0.1) is 10.2 Å². The normalized spacial score (nSPS) is 26.2. The molecule has 0 saturated heterocycles. The van der Waals surface area contributed by atoms with Crippen LogP contribution < -0.4 is 0 Å². The van der Waals surface area contributed by atoms with Gasteiger partial charge in [-0.2, -0.15) is 0 Å². The van der Waals surface area contributed by atoms with Crippen LogP contribution in [0.1, 0.15) is 51.4 Å². The van der Waals surface area contributed by atoms with Crippen molar-refractivity contribution in [1.82, 2.24) is 14.8 Å². The summed E-state index contributed by atoms with van der Waals surface area (Å²) in [6.45, 7) is 4.55. The molecule has 0 bridgehead atoms. The zero-order valence-corrected chi connectivity index (χ0v) is 10.1. The van der Waals surface area contributed by atoms with Crippen molar-refractivity contribution in [2.75, 3.05) is 0 Å². The first kappa shape index (κ1) is 11.6. The van der Waals surface area contributed by atoms with Crippen LogP contribution in [0.25, 0.3) is 0 Å². The van der Waals surface area contributed by atoms with Gasteiger partial charge >= 0.3 is 0 Å². The molecule has 0 aromatic carbocycles. The van der Waals surface area contributed by atoms with Gasteiger partial charge < -0.3 is 9.67 Å². The summed E-state index contributed by atoms with van der Waals surface area (Å²) < 4.78 is 2.09. The van der Waals surface area contributed by atoms with Crippen LogP contribution in [-0.2, 0) is 6.61 Å². The van der Waals surface area contributed by atoms with Gasteiger partial charge in [-0.1, -0.05) is 26.7 Å². The highest BCUT2D eigenvalue weighted by molar-refractivity contribution is 4.92. The van der Waals surface area contributed by atoms with Crippen LogP contribution in [-0.4, -0.2) is 19.9 Å². The molecule has 4 nitrogen and oxygen atoms in total. The van der Waals surface area contributed by atoms with Crippen molar-refractivity contribution >= 4 is 0 Å². The van der Waals surface area contributed by atoms with Gasteiger partial charge in [0, 0.05) is 6.04 Å². The quantitative estimate of drug-likeness (QED) is 0.854. The number of aliphatic hydroxyl groups is 1. The fraction of sp³-hybridized carbons (Fsp3) is 0.833. The van der Waals surface area contributed by atoms with Crippen molar-refractivity contribution < 1.29 is 5.11 Å². The van der Waals surface area contributed by atoms with Gasteiger partial charge in [0.05, 0.1) is 0 Å². The van der Waals surface area contributed by atoms with Crippen LogP contribution in [0.15, 0.2) is 6.33 Å². The Morgan fingerprint density at radius 1 is 1.44 bits per heavy atom. The summed E-state index contributed by atoms with van der Waals surface area (Å²) in [5, 5.41) is 17.1. The first-order valence-corrected chi connectivity index (χ1v) is 6.23. The minimum absolute atomic E-state index is 0.0126. The maximum atomic E-state index is 9.24. The first-order chi connectivity index (χ1) is 7.74. The molecule has 0 amide bonds. The fourth-order valence-corrected chi connectivity index (χ4v) is 2.92. The first-order valence-electron chi connectivity index (χ1n) is 6.23. The summed E-state index contributed by atoms with van der Waals surface area (Å²) in [6.07, 6.45) is 6.85. The van der Waals surface area contributed by atoms with Gasteiger partial charge in [0.15, 0.2) is 5.82 Å². The van der Waals surface area contributed by atoms with Crippen LogP contribution in [0.4, 0.5) is 0 Å². The second-order valence-corrected chi connectivity index (χ2v) is 5.07. The molecule has 1 heterocycles. The zero-order chi connectivity index (χ0) is 11.5. The summed E-state index contributed by atoms with van der Waals surface area (Å²) in [4.78, 5) is 0. The Labute approximate surface area is 96.7 Å². The molecular formula is C12H21N3O. The van der Waals surface area contributed by atoms with Gasteiger partial charge in [-0.25, -0.2) is 0 Å². The van der Waals surface area contributed by atoms with Gasteiger partial charge in [-0.05, 0) is 24.7 Å². The van der Waals surface area contributed by atoms with Gasteiger partial charge in [-0.3, -0.25) is 0 Å². The van der Waals surface area contributed by atoms with Crippen LogP contribution in [0.2, 0.25) is 0 Å². The van der Waals surface area contributed by atoms with Crippen molar-refractivity contribution in [3.8, 4) is 0 Å². The summed E-state index contributed by atoms with van der Waals surface area (Å²) in [6, 6.07) is 0.478. The van der Waals surface area contributed by atoms with E-state index in [4.69, 9.17) is 0 Å². The molecule has 4 heteroatoms. The highest BCUT2D eigenvalue weighted by Crippen LogP contribution is 2.38. The van der Waals surface area contributed by atoms with E-state index in [1.54, 1.807) is 6.33 Å². The van der Waals surface area contributed by atoms with Crippen molar-refractivity contribution in [3.05, 3.63) is 12.2 Å². The van der Waals surface area contributed by atoms with Crippen molar-refractivity contribution in [1.29, 1.82) is 0 Å². The largest absolute Gasteiger partial charge is 0.388 e. The lowest BCUT2D eigenvalue weighted by Crippen LogP contribution is -2.27. The van der Waals surface area contributed by atoms with Crippen molar-refractivity contribution in [2.45, 2.75) is 52.2 Å². The van der Waals surface area contributed by atoms with E-state index < -0.39 is 0 Å². The number of rotatable bonds is 3. The van der Waals surface area contributed by atoms with Crippen molar-refractivity contribution in [3.63, 3.8) is 0 Å². The minimum Gasteiger partial charge on any atom is -0.388 e. The summed E-state index contributed by atoms with van der Waals surface area (Å²) in [5.74, 6) is 2.08. The molecule has 0 aliphatic heterocycles. The molecule has 2 unspecified atom stereocenters. The number of hydrogen-bond donors (Lipinski definition) is 1. The van der Waals surface area contributed by atoms with E-state index in [2.05, 4.69) is 28.6 Å². The molecule has 1 saturated carbocycles. The number of aromatic nitrogens is 3. The Balaban J connectivity index is 2.23. The van der Waals surface area contributed by atoms with Crippen LogP contribution in [0.5, 0.6) is 0 Å². The number of aliphatic hydroxyl groups excluding tert-OH is 1. The Hall–Kier alpha value is -0.900. The Morgan fingerprint density at radius 3 is 2.88 bits per heavy atom. The molecule has 1 aromatic rings. The van der Waals surface area contributed by atoms with E-state index in [9.17, 15) is 5.11 Å². The molecule has 2 rings (SSSR count). The highest BCUT2D eigenvalue weighted by atomic mass is 16.3. The molecular weight excluding hydrogens is 202 g/mol. The van der Waals surface area contributed by atoms with Crippen LogP contribution >= 0.6 is 0 Å². The van der Waals surface area contributed by atoms with E-state index >= 15 is 0 Å². The molecule has 0 spiro atoms. The number of hydrogen-bond acceptors (Lipinski definition) is 3. The molecule has 1 N–H and O–H groups in total.